The van der Waals surface area contributed by atoms with E-state index < -0.39 is 20.1 Å². The molecule has 0 atom stereocenters. The first kappa shape index (κ1) is 46.0. The van der Waals surface area contributed by atoms with Crippen molar-refractivity contribution in [3.8, 4) is 0 Å². The number of carbonyl (C=O) groups is 2. The first-order valence-corrected chi connectivity index (χ1v) is 20.9. The van der Waals surface area contributed by atoms with E-state index in [0.717, 1.165) is 0 Å². The Morgan fingerprint density at radius 1 is 0.418 bits per heavy atom. The van der Waals surface area contributed by atoms with E-state index in [1.54, 1.807) is 30.3 Å². The molecule has 0 aliphatic heterocycles. The highest BCUT2D eigenvalue weighted by atomic mass is 28.4. The summed E-state index contributed by atoms with van der Waals surface area (Å²) in [6.45, 7) is 14.3. The minimum absolute atomic E-state index is 0.00354. The second kappa shape index (κ2) is 28.1. The van der Waals surface area contributed by atoms with Crippen LogP contribution in [0.1, 0.15) is 31.1 Å². The Morgan fingerprint density at radius 2 is 0.709 bits per heavy atom. The van der Waals surface area contributed by atoms with Crippen LogP contribution in [0.4, 0.5) is 0 Å². The van der Waals surface area contributed by atoms with Gasteiger partial charge in [0.1, 0.15) is 6.61 Å². The summed E-state index contributed by atoms with van der Waals surface area (Å²) in [4.78, 5) is 23.7. The highest BCUT2D eigenvalue weighted by molar-refractivity contribution is 6.99. The van der Waals surface area contributed by atoms with E-state index in [1.807, 2.05) is 12.1 Å². The van der Waals surface area contributed by atoms with Crippen LogP contribution >= 0.6 is 0 Å². The molecule has 0 saturated heterocycles. The zero-order chi connectivity index (χ0) is 39.3. The molecular weight excluding hydrogens is 725 g/mol. The van der Waals surface area contributed by atoms with Crippen molar-refractivity contribution in [1.29, 1.82) is 0 Å². The second-order valence-corrected chi connectivity index (χ2v) is 17.5. The van der Waals surface area contributed by atoms with E-state index >= 15 is 0 Å². The van der Waals surface area contributed by atoms with Crippen LogP contribution in [0.15, 0.2) is 91.0 Å². The standard InChI is InChI=1S/C42H60O12Si/c1-42(2,3)55(38-15-9-5-10-16-38,39-17-11-6-12-18-39)54-36-34-52-32-30-50-28-26-48-24-22-46-20-19-45-21-23-47-25-27-49-29-31-51-33-35-53-41(44)40(43)37-13-7-4-8-14-37/h4-18H,19-36H2,1-3H3. The van der Waals surface area contributed by atoms with Crippen LogP contribution < -0.4 is 10.4 Å². The molecule has 3 aromatic carbocycles. The highest BCUT2D eigenvalue weighted by Gasteiger charge is 2.50. The number of hydrogen-bond acceptors (Lipinski definition) is 12. The monoisotopic (exact) mass is 784 g/mol. The molecule has 0 fully saturated rings. The fraction of sp³-hybridized carbons (Fsp3) is 0.524. The summed E-state index contributed by atoms with van der Waals surface area (Å²) in [5, 5.41) is 2.45. The van der Waals surface area contributed by atoms with Crippen LogP contribution in [-0.2, 0) is 51.9 Å². The molecule has 0 unspecified atom stereocenters. The molecule has 0 aliphatic carbocycles. The van der Waals surface area contributed by atoms with Gasteiger partial charge < -0.3 is 47.1 Å². The lowest BCUT2D eigenvalue weighted by Crippen LogP contribution is -2.66. The van der Waals surface area contributed by atoms with E-state index in [1.165, 1.54) is 10.4 Å². The van der Waals surface area contributed by atoms with E-state index in [-0.39, 0.29) is 18.3 Å². The molecule has 304 valence electrons. The third kappa shape index (κ3) is 18.0. The molecule has 0 spiro atoms. The van der Waals surface area contributed by atoms with Crippen molar-refractivity contribution in [2.75, 3.05) is 119 Å². The van der Waals surface area contributed by atoms with Crippen molar-refractivity contribution in [1.82, 2.24) is 0 Å². The fourth-order valence-electron chi connectivity index (χ4n) is 5.62. The van der Waals surface area contributed by atoms with Crippen LogP contribution in [0, 0.1) is 0 Å². The molecule has 0 aromatic heterocycles. The van der Waals surface area contributed by atoms with Crippen molar-refractivity contribution in [3.05, 3.63) is 96.6 Å². The number of carbonyl (C=O) groups excluding carboxylic acids is 2. The highest BCUT2D eigenvalue weighted by Crippen LogP contribution is 2.36. The van der Waals surface area contributed by atoms with Gasteiger partial charge in [-0.25, -0.2) is 4.79 Å². The Bertz CT molecular complexity index is 1370. The van der Waals surface area contributed by atoms with Gasteiger partial charge in [0.25, 0.3) is 14.1 Å². The van der Waals surface area contributed by atoms with Crippen molar-refractivity contribution in [2.24, 2.45) is 0 Å². The van der Waals surface area contributed by atoms with Crippen LogP contribution in [0.5, 0.6) is 0 Å². The lowest BCUT2D eigenvalue weighted by Gasteiger charge is -2.43. The zero-order valence-electron chi connectivity index (χ0n) is 32.8. The Balaban J connectivity index is 1.04. The summed E-state index contributed by atoms with van der Waals surface area (Å²) >= 11 is 0. The number of hydrogen-bond donors (Lipinski definition) is 0. The van der Waals surface area contributed by atoms with Gasteiger partial charge in [0.2, 0.25) is 0 Å². The molecule has 0 bridgehead atoms. The Morgan fingerprint density at radius 3 is 1.04 bits per heavy atom. The van der Waals surface area contributed by atoms with E-state index in [9.17, 15) is 9.59 Å². The first-order chi connectivity index (χ1) is 26.9. The topological polar surface area (TPSA) is 126 Å². The number of ether oxygens (including phenoxy) is 9. The van der Waals surface area contributed by atoms with Gasteiger partial charge in [-0.1, -0.05) is 112 Å². The molecular formula is C42H60O12Si. The van der Waals surface area contributed by atoms with Gasteiger partial charge in [-0.15, -0.1) is 0 Å². The smallest absolute Gasteiger partial charge is 0.379 e. The molecule has 0 aliphatic rings. The van der Waals surface area contributed by atoms with Gasteiger partial charge in [-0.05, 0) is 15.4 Å². The number of rotatable bonds is 32. The SMILES string of the molecule is CC(C)(C)[Si](OCCOCCOCCOCCOCCOCCOCCOCCOCCOC(=O)C(=O)c1ccccc1)(c1ccccc1)c1ccccc1. The van der Waals surface area contributed by atoms with Crippen LogP contribution in [0.25, 0.3) is 0 Å². The lowest BCUT2D eigenvalue weighted by molar-refractivity contribution is -0.139. The summed E-state index contributed by atoms with van der Waals surface area (Å²) in [5.74, 6) is -1.57. The third-order valence-electron chi connectivity index (χ3n) is 8.25. The molecule has 0 amide bonds. The maximum Gasteiger partial charge on any atom is 0.379 e. The zero-order valence-corrected chi connectivity index (χ0v) is 33.8. The van der Waals surface area contributed by atoms with E-state index in [2.05, 4.69) is 69.3 Å². The second-order valence-electron chi connectivity index (χ2n) is 13.2. The van der Waals surface area contributed by atoms with Crippen LogP contribution in [0.2, 0.25) is 5.04 Å². The summed E-state index contributed by atoms with van der Waals surface area (Å²) in [6.07, 6.45) is 0. The minimum atomic E-state index is -2.55. The molecule has 0 heterocycles. The quantitative estimate of drug-likeness (QED) is 0.0297. The molecule has 0 N–H and O–H groups in total. The summed E-state index contributed by atoms with van der Waals surface area (Å²) in [7, 11) is -2.55. The van der Waals surface area contributed by atoms with Gasteiger partial charge in [0.15, 0.2) is 0 Å². The van der Waals surface area contributed by atoms with Crippen LogP contribution in [0.3, 0.4) is 0 Å². The van der Waals surface area contributed by atoms with Gasteiger partial charge >= 0.3 is 5.97 Å². The number of ketones is 1. The average molecular weight is 785 g/mol. The minimum Gasteiger partial charge on any atom is -0.457 e. The van der Waals surface area contributed by atoms with Gasteiger partial charge in [-0.2, -0.15) is 0 Å². The number of benzene rings is 3. The first-order valence-electron chi connectivity index (χ1n) is 19.0. The molecule has 13 heteroatoms. The maximum absolute atomic E-state index is 11.9. The fourth-order valence-corrected chi connectivity index (χ4v) is 10.2. The van der Waals surface area contributed by atoms with Crippen molar-refractivity contribution in [2.45, 2.75) is 25.8 Å². The van der Waals surface area contributed by atoms with Gasteiger partial charge in [0.05, 0.1) is 112 Å². The summed E-state index contributed by atoms with van der Waals surface area (Å²) in [6, 6.07) is 29.5. The lowest BCUT2D eigenvalue weighted by atomic mass is 10.1. The average Bonchev–Trinajstić information content (AvgIpc) is 3.20. The predicted molar refractivity (Wildman–Crippen MR) is 212 cm³/mol. The molecule has 0 radical (unpaired) electrons. The molecule has 55 heavy (non-hydrogen) atoms. The molecule has 0 saturated carbocycles. The summed E-state index contributed by atoms with van der Waals surface area (Å²) < 4.78 is 56.1. The Hall–Kier alpha value is -3.34. The summed E-state index contributed by atoms with van der Waals surface area (Å²) in [5.41, 5.74) is 0.296. The van der Waals surface area contributed by atoms with Crippen molar-refractivity contribution >= 4 is 30.4 Å². The maximum atomic E-state index is 11.9. The number of esters is 1. The van der Waals surface area contributed by atoms with Crippen molar-refractivity contribution in [3.63, 3.8) is 0 Å². The van der Waals surface area contributed by atoms with Crippen LogP contribution in [-0.4, -0.2) is 139 Å². The van der Waals surface area contributed by atoms with Gasteiger partial charge in [-0.3, -0.25) is 4.79 Å². The molecule has 3 aromatic rings. The molecule has 12 nitrogen and oxygen atoms in total. The Labute approximate surface area is 327 Å². The normalized spacial score (nSPS) is 11.8. The third-order valence-corrected chi connectivity index (χ3v) is 13.3. The predicted octanol–water partition coefficient (Wildman–Crippen LogP) is 4.12. The largest absolute Gasteiger partial charge is 0.457 e. The van der Waals surface area contributed by atoms with E-state index in [0.29, 0.717) is 111 Å². The van der Waals surface area contributed by atoms with Crippen molar-refractivity contribution < 1.29 is 56.6 Å². The Kier molecular flexibility index (Phi) is 23.5. The van der Waals surface area contributed by atoms with E-state index in [4.69, 9.17) is 47.1 Å². The number of Topliss-reactive ketones (excluding diaryl/α,β-unsaturated/α-hetero) is 1. The van der Waals surface area contributed by atoms with Gasteiger partial charge in [0, 0.05) is 5.56 Å². The molecule has 3 rings (SSSR count).